The van der Waals surface area contributed by atoms with Crippen molar-refractivity contribution in [1.29, 1.82) is 0 Å². The highest BCUT2D eigenvalue weighted by Crippen LogP contribution is 2.18. The van der Waals surface area contributed by atoms with E-state index in [2.05, 4.69) is 16.0 Å². The van der Waals surface area contributed by atoms with E-state index in [1.54, 1.807) is 37.5 Å². The molecule has 0 heterocycles. The molecule has 0 radical (unpaired) electrons. The molecule has 0 fully saturated rings. The third kappa shape index (κ3) is 6.21. The number of methoxy groups -OCH3 is 1. The van der Waals surface area contributed by atoms with Gasteiger partial charge in [-0.05, 0) is 50.3 Å². The molecule has 0 unspecified atom stereocenters. The van der Waals surface area contributed by atoms with E-state index < -0.39 is 5.91 Å². The quantitative estimate of drug-likeness (QED) is 0.515. The van der Waals surface area contributed by atoms with Crippen molar-refractivity contribution in [2.45, 2.75) is 19.9 Å². The number of para-hydroxylation sites is 2. The van der Waals surface area contributed by atoms with Gasteiger partial charge in [-0.15, -0.1) is 0 Å². The number of benzene rings is 2. The molecular formula is C21H23N3O3S. The maximum Gasteiger partial charge on any atom is 0.253 e. The number of anilines is 1. The maximum atomic E-state index is 12.3. The first kappa shape index (κ1) is 21.1. The topological polar surface area (TPSA) is 79.5 Å². The van der Waals surface area contributed by atoms with Crippen molar-refractivity contribution < 1.29 is 14.3 Å². The average molecular weight is 398 g/mol. The van der Waals surface area contributed by atoms with Gasteiger partial charge in [0.2, 0.25) is 5.91 Å². The minimum absolute atomic E-state index is 0.00678. The summed E-state index contributed by atoms with van der Waals surface area (Å²) in [5.41, 5.74) is 1.73. The number of hydrogen-bond acceptors (Lipinski definition) is 4. The fourth-order valence-corrected chi connectivity index (χ4v) is 2.62. The Morgan fingerprint density at radius 3 is 2.46 bits per heavy atom. The van der Waals surface area contributed by atoms with Crippen LogP contribution in [-0.4, -0.2) is 30.1 Å². The van der Waals surface area contributed by atoms with E-state index >= 15 is 0 Å². The molecule has 0 aromatic heterocycles. The van der Waals surface area contributed by atoms with Crippen LogP contribution in [0.3, 0.4) is 0 Å². The van der Waals surface area contributed by atoms with Crippen LogP contribution in [0, 0.1) is 0 Å². The molecule has 0 spiro atoms. The second-order valence-corrected chi connectivity index (χ2v) is 6.60. The molecule has 0 aliphatic heterocycles. The summed E-state index contributed by atoms with van der Waals surface area (Å²) in [5.74, 6) is 0.0492. The van der Waals surface area contributed by atoms with Crippen LogP contribution in [0.4, 0.5) is 5.69 Å². The van der Waals surface area contributed by atoms with E-state index in [1.807, 2.05) is 38.1 Å². The van der Waals surface area contributed by atoms with E-state index in [0.29, 0.717) is 17.0 Å². The van der Waals surface area contributed by atoms with Crippen molar-refractivity contribution in [3.63, 3.8) is 0 Å². The maximum absolute atomic E-state index is 12.3. The second-order valence-electron chi connectivity index (χ2n) is 6.19. The molecule has 3 N–H and O–H groups in total. The lowest BCUT2D eigenvalue weighted by Crippen LogP contribution is -2.34. The summed E-state index contributed by atoms with van der Waals surface area (Å²) in [6.07, 6.45) is 3.00. The summed E-state index contributed by atoms with van der Waals surface area (Å²) in [6, 6.07) is 14.3. The largest absolute Gasteiger partial charge is 0.496 e. The van der Waals surface area contributed by atoms with E-state index in [0.717, 1.165) is 5.56 Å². The monoisotopic (exact) mass is 397 g/mol. The van der Waals surface area contributed by atoms with E-state index in [-0.39, 0.29) is 17.1 Å². The molecule has 2 aromatic rings. The highest BCUT2D eigenvalue weighted by molar-refractivity contribution is 7.80. The Hall–Kier alpha value is -3.19. The molecule has 0 aliphatic carbocycles. The molecule has 28 heavy (non-hydrogen) atoms. The van der Waals surface area contributed by atoms with Crippen molar-refractivity contribution in [2.24, 2.45) is 0 Å². The van der Waals surface area contributed by atoms with Crippen LogP contribution in [0.5, 0.6) is 5.75 Å². The average Bonchev–Trinajstić information content (AvgIpc) is 2.66. The number of amides is 2. The van der Waals surface area contributed by atoms with Gasteiger partial charge in [0.1, 0.15) is 5.75 Å². The van der Waals surface area contributed by atoms with Gasteiger partial charge in [-0.25, -0.2) is 0 Å². The van der Waals surface area contributed by atoms with Crippen LogP contribution in [0.25, 0.3) is 6.08 Å². The SMILES string of the molecule is COc1ccccc1/C=C/C(=O)NC(=S)Nc1ccccc1C(=O)NC(C)C. The molecule has 2 amide bonds. The van der Waals surface area contributed by atoms with Crippen molar-refractivity contribution >= 4 is 40.9 Å². The summed E-state index contributed by atoms with van der Waals surface area (Å²) in [4.78, 5) is 24.4. The lowest BCUT2D eigenvalue weighted by Gasteiger charge is -2.14. The Morgan fingerprint density at radius 1 is 1.07 bits per heavy atom. The van der Waals surface area contributed by atoms with Gasteiger partial charge < -0.3 is 15.4 Å². The van der Waals surface area contributed by atoms with Gasteiger partial charge in [-0.1, -0.05) is 30.3 Å². The zero-order chi connectivity index (χ0) is 20.5. The molecule has 0 aliphatic rings. The van der Waals surface area contributed by atoms with Crippen LogP contribution >= 0.6 is 12.2 Å². The van der Waals surface area contributed by atoms with E-state index in [1.165, 1.54) is 6.08 Å². The standard InChI is InChI=1S/C21H23N3O3S/c1-14(2)22-20(26)16-9-5-6-10-17(16)23-21(28)24-19(25)13-12-15-8-4-7-11-18(15)27-3/h4-14H,1-3H3,(H,22,26)(H2,23,24,25,28)/b13-12+. The van der Waals surface area contributed by atoms with Crippen molar-refractivity contribution in [1.82, 2.24) is 10.6 Å². The third-order valence-electron chi connectivity index (χ3n) is 3.63. The van der Waals surface area contributed by atoms with E-state index in [9.17, 15) is 9.59 Å². The lowest BCUT2D eigenvalue weighted by molar-refractivity contribution is -0.115. The number of carbonyl (C=O) groups is 2. The van der Waals surface area contributed by atoms with Crippen LogP contribution in [0.15, 0.2) is 54.6 Å². The Morgan fingerprint density at radius 2 is 1.75 bits per heavy atom. The molecule has 6 nitrogen and oxygen atoms in total. The van der Waals surface area contributed by atoms with Gasteiger partial charge in [-0.2, -0.15) is 0 Å². The molecule has 2 rings (SSSR count). The lowest BCUT2D eigenvalue weighted by atomic mass is 10.1. The molecule has 2 aromatic carbocycles. The second kappa shape index (κ2) is 10.2. The highest BCUT2D eigenvalue weighted by atomic mass is 32.1. The smallest absolute Gasteiger partial charge is 0.253 e. The summed E-state index contributed by atoms with van der Waals surface area (Å²) in [6.45, 7) is 3.76. The van der Waals surface area contributed by atoms with Crippen LogP contribution in [0.2, 0.25) is 0 Å². The van der Waals surface area contributed by atoms with Gasteiger partial charge in [0, 0.05) is 17.7 Å². The van der Waals surface area contributed by atoms with Crippen LogP contribution < -0.4 is 20.7 Å². The van der Waals surface area contributed by atoms with E-state index in [4.69, 9.17) is 17.0 Å². The Kier molecular flexibility index (Phi) is 7.71. The van der Waals surface area contributed by atoms with Gasteiger partial charge >= 0.3 is 0 Å². The number of carbonyl (C=O) groups excluding carboxylic acids is 2. The molecule has 0 bridgehead atoms. The summed E-state index contributed by atoms with van der Waals surface area (Å²) in [7, 11) is 1.57. The zero-order valence-electron chi connectivity index (χ0n) is 16.0. The fourth-order valence-electron chi connectivity index (χ4n) is 2.41. The van der Waals surface area contributed by atoms with Crippen molar-refractivity contribution in [3.05, 3.63) is 65.7 Å². The van der Waals surface area contributed by atoms with Gasteiger partial charge in [-0.3, -0.25) is 14.9 Å². The van der Waals surface area contributed by atoms with Crippen LogP contribution in [0.1, 0.15) is 29.8 Å². The number of nitrogens with one attached hydrogen (secondary N) is 3. The fraction of sp³-hybridized carbons (Fsp3) is 0.190. The first-order chi connectivity index (χ1) is 13.4. The molecule has 0 saturated carbocycles. The molecule has 146 valence electrons. The first-order valence-electron chi connectivity index (χ1n) is 8.73. The van der Waals surface area contributed by atoms with Gasteiger partial charge in [0.15, 0.2) is 5.11 Å². The van der Waals surface area contributed by atoms with Crippen molar-refractivity contribution in [2.75, 3.05) is 12.4 Å². The van der Waals surface area contributed by atoms with Gasteiger partial charge in [0.25, 0.3) is 5.91 Å². The Balaban J connectivity index is 2.01. The highest BCUT2D eigenvalue weighted by Gasteiger charge is 2.13. The number of ether oxygens (including phenoxy) is 1. The molecule has 7 heteroatoms. The van der Waals surface area contributed by atoms with Crippen LogP contribution in [-0.2, 0) is 4.79 Å². The predicted octanol–water partition coefficient (Wildman–Crippen LogP) is 3.36. The minimum Gasteiger partial charge on any atom is -0.496 e. The molecule has 0 atom stereocenters. The number of rotatable bonds is 6. The summed E-state index contributed by atoms with van der Waals surface area (Å²) in [5, 5.41) is 8.39. The predicted molar refractivity (Wildman–Crippen MR) is 115 cm³/mol. The summed E-state index contributed by atoms with van der Waals surface area (Å²) >= 11 is 5.19. The first-order valence-corrected chi connectivity index (χ1v) is 9.14. The Bertz CT molecular complexity index is 894. The normalized spacial score (nSPS) is 10.6. The van der Waals surface area contributed by atoms with Gasteiger partial charge in [0.05, 0.1) is 18.4 Å². The summed E-state index contributed by atoms with van der Waals surface area (Å²) < 4.78 is 5.24. The Labute approximate surface area is 170 Å². The molecular weight excluding hydrogens is 374 g/mol. The number of thiocarbonyl (C=S) groups is 1. The van der Waals surface area contributed by atoms with Crippen molar-refractivity contribution in [3.8, 4) is 5.75 Å². The number of hydrogen-bond donors (Lipinski definition) is 3. The zero-order valence-corrected chi connectivity index (χ0v) is 16.8. The molecule has 0 saturated heterocycles. The minimum atomic E-state index is -0.396. The third-order valence-corrected chi connectivity index (χ3v) is 3.83.